The Balaban J connectivity index is 1.69. The van der Waals surface area contributed by atoms with E-state index in [4.69, 9.17) is 0 Å². The number of aromatic amines is 1. The molecule has 1 amide bonds. The number of unbranched alkanes of at least 4 members (excludes halogenated alkanes) is 8. The first-order valence-corrected chi connectivity index (χ1v) is 10.7. The Morgan fingerprint density at radius 2 is 1.64 bits per heavy atom. The summed E-state index contributed by atoms with van der Waals surface area (Å²) >= 11 is 0. The highest BCUT2D eigenvalue weighted by Gasteiger charge is 2.21. The third kappa shape index (κ3) is 7.37. The second kappa shape index (κ2) is 12.2. The van der Waals surface area contributed by atoms with E-state index in [1.54, 1.807) is 0 Å². The zero-order chi connectivity index (χ0) is 20.2. The molecule has 1 aromatic carbocycles. The molecular formula is C23H34N2O3. The van der Waals surface area contributed by atoms with Gasteiger partial charge in [0.05, 0.1) is 0 Å². The smallest absolute Gasteiger partial charge is 0.326 e. The van der Waals surface area contributed by atoms with Crippen molar-refractivity contribution < 1.29 is 14.7 Å². The molecule has 1 atom stereocenters. The molecule has 154 valence electrons. The van der Waals surface area contributed by atoms with Crippen LogP contribution in [0.4, 0.5) is 0 Å². The van der Waals surface area contributed by atoms with Crippen molar-refractivity contribution in [3.63, 3.8) is 0 Å². The number of hydrogen-bond acceptors (Lipinski definition) is 2. The van der Waals surface area contributed by atoms with Crippen LogP contribution in [0.5, 0.6) is 0 Å². The summed E-state index contributed by atoms with van der Waals surface area (Å²) in [6.45, 7) is 2.22. The Morgan fingerprint density at radius 3 is 2.32 bits per heavy atom. The van der Waals surface area contributed by atoms with Crippen molar-refractivity contribution in [1.29, 1.82) is 0 Å². The van der Waals surface area contributed by atoms with E-state index in [-0.39, 0.29) is 12.3 Å². The number of carboxylic acids is 1. The molecule has 0 bridgehead atoms. The molecule has 0 aliphatic rings. The molecule has 0 spiro atoms. The second-order valence-corrected chi connectivity index (χ2v) is 7.60. The predicted octanol–water partition coefficient (Wildman–Crippen LogP) is 5.20. The van der Waals surface area contributed by atoms with Crippen LogP contribution in [0.15, 0.2) is 30.5 Å². The van der Waals surface area contributed by atoms with Crippen LogP contribution >= 0.6 is 0 Å². The minimum atomic E-state index is -0.995. The van der Waals surface area contributed by atoms with Gasteiger partial charge < -0.3 is 15.4 Å². The molecule has 0 fully saturated rings. The van der Waals surface area contributed by atoms with E-state index in [9.17, 15) is 14.7 Å². The fourth-order valence-corrected chi connectivity index (χ4v) is 3.58. The number of fused-ring (bicyclic) bond motifs is 1. The second-order valence-electron chi connectivity index (χ2n) is 7.60. The van der Waals surface area contributed by atoms with E-state index >= 15 is 0 Å². The van der Waals surface area contributed by atoms with Gasteiger partial charge in [0.2, 0.25) is 5.91 Å². The Hall–Kier alpha value is -2.30. The molecule has 1 heterocycles. The molecule has 2 aromatic rings. The molecule has 2 rings (SSSR count). The Morgan fingerprint density at radius 1 is 1.00 bits per heavy atom. The van der Waals surface area contributed by atoms with Gasteiger partial charge in [-0.15, -0.1) is 0 Å². The van der Waals surface area contributed by atoms with Gasteiger partial charge in [-0.25, -0.2) is 4.79 Å². The van der Waals surface area contributed by atoms with Crippen LogP contribution < -0.4 is 5.32 Å². The van der Waals surface area contributed by atoms with E-state index in [0.717, 1.165) is 35.7 Å². The molecule has 28 heavy (non-hydrogen) atoms. The average molecular weight is 387 g/mol. The number of carboxylic acid groups (broad SMARTS) is 1. The topological polar surface area (TPSA) is 82.2 Å². The maximum atomic E-state index is 12.2. The van der Waals surface area contributed by atoms with E-state index in [1.807, 2.05) is 30.5 Å². The summed E-state index contributed by atoms with van der Waals surface area (Å²) in [4.78, 5) is 26.9. The summed E-state index contributed by atoms with van der Waals surface area (Å²) in [6, 6.07) is 6.88. The van der Waals surface area contributed by atoms with Gasteiger partial charge in [0.15, 0.2) is 0 Å². The molecular weight excluding hydrogens is 352 g/mol. The van der Waals surface area contributed by atoms with E-state index in [2.05, 4.69) is 17.2 Å². The van der Waals surface area contributed by atoms with Gasteiger partial charge in [-0.2, -0.15) is 0 Å². The Bertz CT molecular complexity index is 738. The standard InChI is InChI=1S/C23H34N2O3/c1-2-3-4-5-6-7-8-9-10-15-22(26)25-21(23(27)28)16-18-17-24-20-14-12-11-13-19(18)20/h11-14,17,21,24H,2-10,15-16H2,1H3,(H,25,26)(H,27,28)/t21-/m1/s1. The lowest BCUT2D eigenvalue weighted by Gasteiger charge is -2.14. The first-order chi connectivity index (χ1) is 13.6. The SMILES string of the molecule is CCCCCCCCCCCC(=O)N[C@H](Cc1c[nH]c2ccccc12)C(=O)O. The van der Waals surface area contributed by atoms with Gasteiger partial charge in [-0.05, 0) is 18.1 Å². The summed E-state index contributed by atoms with van der Waals surface area (Å²) < 4.78 is 0. The number of hydrogen-bond donors (Lipinski definition) is 3. The highest BCUT2D eigenvalue weighted by Crippen LogP contribution is 2.19. The fraction of sp³-hybridized carbons (Fsp3) is 0.565. The molecule has 5 nitrogen and oxygen atoms in total. The normalized spacial score (nSPS) is 12.2. The molecule has 1 aromatic heterocycles. The summed E-state index contributed by atoms with van der Waals surface area (Å²) in [5.41, 5.74) is 1.88. The molecule has 0 saturated carbocycles. The third-order valence-electron chi connectivity index (χ3n) is 5.24. The maximum Gasteiger partial charge on any atom is 0.326 e. The third-order valence-corrected chi connectivity index (χ3v) is 5.24. The summed E-state index contributed by atoms with van der Waals surface area (Å²) in [5.74, 6) is -1.17. The lowest BCUT2D eigenvalue weighted by Crippen LogP contribution is -2.42. The Labute approximate surface area is 167 Å². The molecule has 5 heteroatoms. The van der Waals surface area contributed by atoms with Gasteiger partial charge in [-0.1, -0.05) is 76.5 Å². The van der Waals surface area contributed by atoms with Crippen LogP contribution in [-0.4, -0.2) is 28.0 Å². The minimum absolute atomic E-state index is 0.171. The van der Waals surface area contributed by atoms with Crippen molar-refractivity contribution in [3.8, 4) is 0 Å². The van der Waals surface area contributed by atoms with E-state index in [0.29, 0.717) is 6.42 Å². The fourth-order valence-electron chi connectivity index (χ4n) is 3.58. The average Bonchev–Trinajstić information content (AvgIpc) is 3.09. The Kier molecular flexibility index (Phi) is 9.60. The number of aromatic nitrogens is 1. The molecule has 0 aliphatic heterocycles. The first kappa shape index (κ1) is 22.0. The lowest BCUT2D eigenvalue weighted by molar-refractivity contribution is -0.141. The number of amides is 1. The van der Waals surface area contributed by atoms with Crippen LogP contribution in [0.3, 0.4) is 0 Å². The number of carbonyl (C=O) groups is 2. The molecule has 0 saturated heterocycles. The van der Waals surface area contributed by atoms with Gasteiger partial charge in [0.1, 0.15) is 6.04 Å². The highest BCUT2D eigenvalue weighted by molar-refractivity contribution is 5.86. The zero-order valence-electron chi connectivity index (χ0n) is 17.0. The van der Waals surface area contributed by atoms with Crippen LogP contribution in [0.25, 0.3) is 10.9 Å². The van der Waals surface area contributed by atoms with Crippen molar-refractivity contribution in [2.45, 2.75) is 83.6 Å². The summed E-state index contributed by atoms with van der Waals surface area (Å²) in [6.07, 6.45) is 13.2. The van der Waals surface area contributed by atoms with Crippen molar-refractivity contribution in [2.24, 2.45) is 0 Å². The highest BCUT2D eigenvalue weighted by atomic mass is 16.4. The lowest BCUT2D eigenvalue weighted by atomic mass is 10.0. The number of nitrogens with one attached hydrogen (secondary N) is 2. The van der Waals surface area contributed by atoms with Gasteiger partial charge in [0.25, 0.3) is 0 Å². The first-order valence-electron chi connectivity index (χ1n) is 10.7. The molecule has 0 unspecified atom stereocenters. The van der Waals surface area contributed by atoms with Crippen molar-refractivity contribution in [2.75, 3.05) is 0 Å². The van der Waals surface area contributed by atoms with E-state index < -0.39 is 12.0 Å². The number of aliphatic carboxylic acids is 1. The van der Waals surface area contributed by atoms with Gasteiger partial charge in [-0.3, -0.25) is 4.79 Å². The monoisotopic (exact) mass is 386 g/mol. The number of H-pyrrole nitrogens is 1. The van der Waals surface area contributed by atoms with Crippen molar-refractivity contribution in [3.05, 3.63) is 36.0 Å². The van der Waals surface area contributed by atoms with Gasteiger partial charge in [0, 0.05) is 29.9 Å². The summed E-state index contributed by atoms with van der Waals surface area (Å²) in [7, 11) is 0. The summed E-state index contributed by atoms with van der Waals surface area (Å²) in [5, 5.41) is 13.2. The molecule has 3 N–H and O–H groups in total. The van der Waals surface area contributed by atoms with Crippen LogP contribution in [0.2, 0.25) is 0 Å². The minimum Gasteiger partial charge on any atom is -0.480 e. The number of carbonyl (C=O) groups excluding carboxylic acids is 1. The largest absolute Gasteiger partial charge is 0.480 e. The predicted molar refractivity (Wildman–Crippen MR) is 113 cm³/mol. The van der Waals surface area contributed by atoms with Crippen molar-refractivity contribution in [1.82, 2.24) is 10.3 Å². The number of para-hydroxylation sites is 1. The molecule has 0 radical (unpaired) electrons. The zero-order valence-corrected chi connectivity index (χ0v) is 17.0. The van der Waals surface area contributed by atoms with Gasteiger partial charge >= 0.3 is 5.97 Å². The number of benzene rings is 1. The van der Waals surface area contributed by atoms with Crippen molar-refractivity contribution >= 4 is 22.8 Å². The van der Waals surface area contributed by atoms with E-state index in [1.165, 1.54) is 38.5 Å². The van der Waals surface area contributed by atoms with Crippen LogP contribution in [0, 0.1) is 0 Å². The maximum absolute atomic E-state index is 12.2. The quantitative estimate of drug-likeness (QED) is 0.390. The van der Waals surface area contributed by atoms with Crippen LogP contribution in [-0.2, 0) is 16.0 Å². The number of rotatable bonds is 14. The van der Waals surface area contributed by atoms with Crippen LogP contribution in [0.1, 0.15) is 76.7 Å². The molecule has 0 aliphatic carbocycles.